The molecule has 0 radical (unpaired) electrons. The molecular weight excluding hydrogens is 815 g/mol. The minimum absolute atomic E-state index is 0.0258. The second-order valence-corrected chi connectivity index (χ2v) is 17.0. The van der Waals surface area contributed by atoms with Crippen molar-refractivity contribution in [2.45, 2.75) is 96.2 Å². The first kappa shape index (κ1) is 44.1. The number of amides is 3. The predicted molar refractivity (Wildman–Crippen MR) is 233 cm³/mol. The zero-order valence-electron chi connectivity index (χ0n) is 36.3. The van der Waals surface area contributed by atoms with Crippen molar-refractivity contribution in [3.05, 3.63) is 70.2 Å². The lowest BCUT2D eigenvalue weighted by Crippen LogP contribution is -2.46. The molecule has 338 valence electrons. The Bertz CT molecular complexity index is 2480. The Morgan fingerprint density at radius 3 is 2.52 bits per heavy atom. The lowest BCUT2D eigenvalue weighted by atomic mass is 9.96. The van der Waals surface area contributed by atoms with Crippen molar-refractivity contribution in [3.63, 3.8) is 0 Å². The third-order valence-corrected chi connectivity index (χ3v) is 13.0. The number of likely N-dealkylation sites (N-methyl/N-ethyl adjacent to an activating group) is 1. The molecule has 7 heterocycles. The molecular formula is C44H58F2N12O5. The molecule has 2 N–H and O–H groups in total. The SMILES string of the molecule is CCN1CCN(CCCc2cccc3c2n(C)c(=O)n3C2CCC(=O)NC2=O)CC1.C[C@@H]1COCCN1c1ccn2ncc(C(=O)Nc3cn(C4CCCCC4)nc3C(F)F)c2n1. The van der Waals surface area contributed by atoms with E-state index in [2.05, 4.69) is 53.5 Å². The highest BCUT2D eigenvalue weighted by Crippen LogP contribution is 2.33. The predicted octanol–water partition coefficient (Wildman–Crippen LogP) is 4.73. The number of ether oxygens (including phenoxy) is 1. The number of halogens is 2. The number of anilines is 2. The number of piperidine rings is 1. The summed E-state index contributed by atoms with van der Waals surface area (Å²) in [6, 6.07) is 7.36. The minimum Gasteiger partial charge on any atom is -0.377 e. The summed E-state index contributed by atoms with van der Waals surface area (Å²) in [5.41, 5.74) is 2.77. The van der Waals surface area contributed by atoms with Crippen molar-refractivity contribution >= 4 is 45.9 Å². The third-order valence-electron chi connectivity index (χ3n) is 13.0. The van der Waals surface area contributed by atoms with Crippen LogP contribution in [-0.4, -0.2) is 126 Å². The molecule has 1 aromatic carbocycles. The minimum atomic E-state index is -2.79. The number of rotatable bonds is 11. The number of aromatic nitrogens is 7. The number of para-hydroxylation sites is 1. The van der Waals surface area contributed by atoms with Crippen LogP contribution in [0.15, 0.2) is 47.7 Å². The number of hydrogen-bond donors (Lipinski definition) is 2. The van der Waals surface area contributed by atoms with Gasteiger partial charge in [-0.25, -0.2) is 23.1 Å². The van der Waals surface area contributed by atoms with E-state index < -0.39 is 30.0 Å². The van der Waals surface area contributed by atoms with Crippen LogP contribution >= 0.6 is 0 Å². The molecule has 5 aromatic rings. The van der Waals surface area contributed by atoms with Crippen LogP contribution in [0.1, 0.15) is 105 Å². The molecule has 1 aliphatic carbocycles. The highest BCUT2D eigenvalue weighted by molar-refractivity contribution is 6.08. The van der Waals surface area contributed by atoms with E-state index in [1.54, 1.807) is 27.1 Å². The van der Waals surface area contributed by atoms with Crippen molar-refractivity contribution in [3.8, 4) is 0 Å². The number of hydrogen-bond acceptors (Lipinski definition) is 11. The second-order valence-electron chi connectivity index (χ2n) is 17.0. The highest BCUT2D eigenvalue weighted by Gasteiger charge is 2.32. The van der Waals surface area contributed by atoms with Gasteiger partial charge in [-0.15, -0.1) is 0 Å². The summed E-state index contributed by atoms with van der Waals surface area (Å²) in [7, 11) is 1.76. The number of alkyl halides is 2. The van der Waals surface area contributed by atoms with Gasteiger partial charge < -0.3 is 24.8 Å². The molecule has 9 rings (SSSR count). The molecule has 0 bridgehead atoms. The first-order chi connectivity index (χ1) is 30.5. The zero-order chi connectivity index (χ0) is 44.2. The van der Waals surface area contributed by atoms with E-state index in [1.165, 1.54) is 16.9 Å². The summed E-state index contributed by atoms with van der Waals surface area (Å²) in [5.74, 6) is -0.497. The number of carbonyl (C=O) groups excluding carboxylic acids is 3. The standard InChI is InChI=1S/C22H27F2N7O2.C22H31N5O3/c1-14-13-33-10-9-29(14)18-7-8-30-21(27-18)16(11-25-30)22(32)26-17-12-31(28-19(17)20(23)24)15-5-3-2-4-6-15;1-3-25-12-14-26(15-13-25)11-5-7-16-6-4-8-17-20(16)24(2)22(30)27(17)18-9-10-19(28)23-21(18)29/h7-8,11-12,14-15,20H,2-6,9-10,13H2,1H3,(H,26,32);4,6,8,18H,3,5,7,9-15H2,1-2H3,(H,23,28,29)/t14-;/m1./s1. The Labute approximate surface area is 364 Å². The number of nitrogens with zero attached hydrogens (tertiary/aromatic N) is 10. The Balaban J connectivity index is 0.000000174. The lowest BCUT2D eigenvalue weighted by Gasteiger charge is -2.34. The van der Waals surface area contributed by atoms with Gasteiger partial charge in [0.25, 0.3) is 12.3 Å². The maximum absolute atomic E-state index is 13.7. The van der Waals surface area contributed by atoms with Gasteiger partial charge in [-0.05, 0) is 69.8 Å². The topological polar surface area (TPSA) is 169 Å². The van der Waals surface area contributed by atoms with Crippen LogP contribution in [0.3, 0.4) is 0 Å². The van der Waals surface area contributed by atoms with Crippen molar-refractivity contribution in [1.82, 2.24) is 48.6 Å². The van der Waals surface area contributed by atoms with E-state index in [4.69, 9.17) is 4.74 Å². The number of imide groups is 1. The van der Waals surface area contributed by atoms with Gasteiger partial charge in [0.05, 0.1) is 48.2 Å². The number of aryl methyl sites for hydroxylation is 2. The second kappa shape index (κ2) is 19.5. The molecule has 63 heavy (non-hydrogen) atoms. The summed E-state index contributed by atoms with van der Waals surface area (Å²) in [5, 5.41) is 13.3. The number of fused-ring (bicyclic) bond motifs is 2. The van der Waals surface area contributed by atoms with E-state index in [9.17, 15) is 28.0 Å². The molecule has 3 saturated heterocycles. The molecule has 3 aliphatic heterocycles. The molecule has 3 amide bonds. The Hall–Kier alpha value is -5.53. The van der Waals surface area contributed by atoms with Crippen molar-refractivity contribution < 1.29 is 27.9 Å². The number of piperazine rings is 1. The summed E-state index contributed by atoms with van der Waals surface area (Å²) >= 11 is 0. The van der Waals surface area contributed by atoms with Crippen LogP contribution < -0.4 is 21.2 Å². The van der Waals surface area contributed by atoms with Crippen LogP contribution in [-0.2, 0) is 27.8 Å². The summed E-state index contributed by atoms with van der Waals surface area (Å²) in [6.07, 6.45) is 9.45. The van der Waals surface area contributed by atoms with E-state index in [-0.39, 0.29) is 41.4 Å². The van der Waals surface area contributed by atoms with Crippen molar-refractivity contribution in [2.75, 3.05) is 69.2 Å². The van der Waals surface area contributed by atoms with E-state index in [0.29, 0.717) is 37.6 Å². The summed E-state index contributed by atoms with van der Waals surface area (Å²) < 4.78 is 39.1. The fourth-order valence-corrected chi connectivity index (χ4v) is 9.41. The number of imidazole rings is 1. The van der Waals surface area contributed by atoms with Gasteiger partial charge in [-0.3, -0.25) is 33.5 Å². The molecule has 19 heteroatoms. The molecule has 4 fully saturated rings. The molecule has 1 unspecified atom stereocenters. The average Bonchev–Trinajstić information content (AvgIpc) is 3.99. The van der Waals surface area contributed by atoms with Crippen LogP contribution in [0, 0.1) is 0 Å². The van der Waals surface area contributed by atoms with Crippen molar-refractivity contribution in [2.24, 2.45) is 7.05 Å². The number of nitrogens with one attached hydrogen (secondary N) is 2. The number of morpholine rings is 1. The molecule has 17 nitrogen and oxygen atoms in total. The van der Waals surface area contributed by atoms with E-state index >= 15 is 0 Å². The zero-order valence-corrected chi connectivity index (χ0v) is 36.3. The van der Waals surface area contributed by atoms with Gasteiger partial charge in [0, 0.05) is 58.6 Å². The Morgan fingerprint density at radius 1 is 1.02 bits per heavy atom. The Morgan fingerprint density at radius 2 is 1.79 bits per heavy atom. The van der Waals surface area contributed by atoms with E-state index in [0.717, 1.165) is 101 Å². The molecule has 0 spiro atoms. The van der Waals surface area contributed by atoms with Gasteiger partial charge in [0.15, 0.2) is 11.3 Å². The van der Waals surface area contributed by atoms with Gasteiger partial charge in [-0.2, -0.15) is 10.2 Å². The fraction of sp³-hybridized carbons (Fsp3) is 0.568. The quantitative estimate of drug-likeness (QED) is 0.176. The number of benzene rings is 1. The largest absolute Gasteiger partial charge is 0.377 e. The first-order valence-electron chi connectivity index (χ1n) is 22.3. The third kappa shape index (κ3) is 9.55. The maximum Gasteiger partial charge on any atom is 0.329 e. The molecule has 4 aromatic heterocycles. The smallest absolute Gasteiger partial charge is 0.329 e. The van der Waals surface area contributed by atoms with Gasteiger partial charge in [0.2, 0.25) is 11.8 Å². The normalized spacial score (nSPS) is 20.6. The van der Waals surface area contributed by atoms with Crippen LogP contribution in [0.2, 0.25) is 0 Å². The van der Waals surface area contributed by atoms with Gasteiger partial charge >= 0.3 is 5.69 Å². The maximum atomic E-state index is 13.7. The fourth-order valence-electron chi connectivity index (χ4n) is 9.41. The lowest BCUT2D eigenvalue weighted by molar-refractivity contribution is -0.135. The first-order valence-corrected chi connectivity index (χ1v) is 22.3. The molecule has 2 atom stereocenters. The van der Waals surface area contributed by atoms with Gasteiger partial charge in [-0.1, -0.05) is 38.3 Å². The molecule has 4 aliphatic rings. The Kier molecular flexibility index (Phi) is 13.6. The van der Waals surface area contributed by atoms with Crippen LogP contribution in [0.4, 0.5) is 20.3 Å². The van der Waals surface area contributed by atoms with Crippen LogP contribution in [0.25, 0.3) is 16.7 Å². The number of carbonyl (C=O) groups is 3. The summed E-state index contributed by atoms with van der Waals surface area (Å²) in [4.78, 5) is 61.7. The average molecular weight is 873 g/mol. The van der Waals surface area contributed by atoms with E-state index in [1.807, 2.05) is 25.1 Å². The highest BCUT2D eigenvalue weighted by atomic mass is 19.3. The molecule has 1 saturated carbocycles. The summed E-state index contributed by atoms with van der Waals surface area (Å²) in [6.45, 7) is 12.8. The van der Waals surface area contributed by atoms with Crippen molar-refractivity contribution in [1.29, 1.82) is 0 Å². The van der Waals surface area contributed by atoms with Gasteiger partial charge in [0.1, 0.15) is 17.4 Å². The monoisotopic (exact) mass is 872 g/mol. The van der Waals surface area contributed by atoms with Crippen LogP contribution in [0.5, 0.6) is 0 Å².